The van der Waals surface area contributed by atoms with E-state index < -0.39 is 0 Å². The third-order valence-corrected chi connectivity index (χ3v) is 4.14. The Morgan fingerprint density at radius 1 is 1.25 bits per heavy atom. The fraction of sp³-hybridized carbons (Fsp3) is 0.455. The Labute approximate surface area is 78.4 Å². The van der Waals surface area contributed by atoms with Crippen LogP contribution in [0, 0.1) is 5.92 Å². The largest absolute Gasteiger partial charge is 0.126 e. The average molecular weight is 178 g/mol. The molecular formula is C11H14S. The molecule has 0 saturated heterocycles. The number of rotatable bonds is 0. The first kappa shape index (κ1) is 8.18. The molecule has 0 radical (unpaired) electrons. The Balaban J connectivity index is 2.42. The molecule has 12 heavy (non-hydrogen) atoms. The minimum Gasteiger partial charge on any atom is -0.126 e. The molecule has 1 heterocycles. The van der Waals surface area contributed by atoms with Crippen LogP contribution >= 0.6 is 11.8 Å². The van der Waals surface area contributed by atoms with Crippen molar-refractivity contribution in [1.29, 1.82) is 0 Å². The molecule has 0 amide bonds. The van der Waals surface area contributed by atoms with Gasteiger partial charge >= 0.3 is 0 Å². The van der Waals surface area contributed by atoms with Gasteiger partial charge in [0.25, 0.3) is 0 Å². The van der Waals surface area contributed by atoms with Crippen molar-refractivity contribution in [2.24, 2.45) is 5.92 Å². The molecule has 64 valence electrons. The monoisotopic (exact) mass is 178 g/mol. The summed E-state index contributed by atoms with van der Waals surface area (Å²) in [6.45, 7) is 4.68. The van der Waals surface area contributed by atoms with Gasteiger partial charge in [0.2, 0.25) is 0 Å². The minimum absolute atomic E-state index is 0.738. The van der Waals surface area contributed by atoms with Gasteiger partial charge in [-0.3, -0.25) is 0 Å². The molecule has 2 unspecified atom stereocenters. The van der Waals surface area contributed by atoms with Gasteiger partial charge in [-0.15, -0.1) is 11.8 Å². The topological polar surface area (TPSA) is 0 Å². The maximum atomic E-state index is 2.34. The second-order valence-electron chi connectivity index (χ2n) is 3.61. The SMILES string of the molecule is CC1CSc2ccccc2C1C. The second kappa shape index (κ2) is 3.14. The van der Waals surface area contributed by atoms with E-state index in [1.54, 1.807) is 5.56 Å². The van der Waals surface area contributed by atoms with Crippen molar-refractivity contribution in [1.82, 2.24) is 0 Å². The van der Waals surface area contributed by atoms with Gasteiger partial charge < -0.3 is 0 Å². The molecule has 2 atom stereocenters. The molecule has 0 N–H and O–H groups in total. The van der Waals surface area contributed by atoms with Crippen molar-refractivity contribution in [3.63, 3.8) is 0 Å². The third kappa shape index (κ3) is 1.27. The van der Waals surface area contributed by atoms with Crippen molar-refractivity contribution in [3.05, 3.63) is 29.8 Å². The van der Waals surface area contributed by atoms with E-state index in [2.05, 4.69) is 38.1 Å². The van der Waals surface area contributed by atoms with Gasteiger partial charge in [-0.25, -0.2) is 0 Å². The summed E-state index contributed by atoms with van der Waals surface area (Å²) in [7, 11) is 0. The maximum absolute atomic E-state index is 2.34. The van der Waals surface area contributed by atoms with Gasteiger partial charge in [0, 0.05) is 10.6 Å². The first-order valence-electron chi connectivity index (χ1n) is 4.51. The fourth-order valence-corrected chi connectivity index (χ4v) is 2.99. The van der Waals surface area contributed by atoms with Gasteiger partial charge in [0.05, 0.1) is 0 Å². The Morgan fingerprint density at radius 3 is 2.83 bits per heavy atom. The maximum Gasteiger partial charge on any atom is 0.0107 e. The zero-order valence-electron chi connectivity index (χ0n) is 7.58. The lowest BCUT2D eigenvalue weighted by molar-refractivity contribution is 0.528. The van der Waals surface area contributed by atoms with E-state index in [0.29, 0.717) is 0 Å². The molecule has 0 fully saturated rings. The highest BCUT2D eigenvalue weighted by molar-refractivity contribution is 7.99. The van der Waals surface area contributed by atoms with E-state index >= 15 is 0 Å². The molecule has 0 aliphatic carbocycles. The van der Waals surface area contributed by atoms with Crippen molar-refractivity contribution in [2.45, 2.75) is 24.7 Å². The van der Waals surface area contributed by atoms with Crippen LogP contribution in [0.2, 0.25) is 0 Å². The summed E-state index contributed by atoms with van der Waals surface area (Å²) in [5, 5.41) is 0. The molecular weight excluding hydrogens is 164 g/mol. The molecule has 0 spiro atoms. The van der Waals surface area contributed by atoms with Crippen LogP contribution in [0.15, 0.2) is 29.2 Å². The van der Waals surface area contributed by atoms with Crippen LogP contribution in [0.4, 0.5) is 0 Å². The Kier molecular flexibility index (Phi) is 2.14. The molecule has 1 aliphatic heterocycles. The molecule has 0 saturated carbocycles. The lowest BCUT2D eigenvalue weighted by Gasteiger charge is -2.27. The zero-order valence-corrected chi connectivity index (χ0v) is 8.40. The highest BCUT2D eigenvalue weighted by atomic mass is 32.2. The Bertz CT molecular complexity index is 280. The summed E-state index contributed by atoms with van der Waals surface area (Å²) < 4.78 is 0. The van der Waals surface area contributed by atoms with Gasteiger partial charge in [-0.05, 0) is 23.5 Å². The molecule has 0 aromatic heterocycles. The highest BCUT2D eigenvalue weighted by Crippen LogP contribution is 2.39. The van der Waals surface area contributed by atoms with Gasteiger partial charge in [-0.1, -0.05) is 32.0 Å². The van der Waals surface area contributed by atoms with E-state index in [9.17, 15) is 0 Å². The standard InChI is InChI=1S/C11H14S/c1-8-7-12-11-6-4-3-5-10(11)9(8)2/h3-6,8-9H,7H2,1-2H3. The van der Waals surface area contributed by atoms with Crippen molar-refractivity contribution in [2.75, 3.05) is 5.75 Å². The number of thioether (sulfide) groups is 1. The molecule has 2 rings (SSSR count). The van der Waals surface area contributed by atoms with Crippen molar-refractivity contribution >= 4 is 11.8 Å². The summed E-state index contributed by atoms with van der Waals surface area (Å²) in [5.74, 6) is 2.84. The summed E-state index contributed by atoms with van der Waals surface area (Å²) in [6, 6.07) is 8.79. The van der Waals surface area contributed by atoms with Crippen molar-refractivity contribution < 1.29 is 0 Å². The van der Waals surface area contributed by atoms with E-state index in [-0.39, 0.29) is 0 Å². The molecule has 1 aliphatic rings. The van der Waals surface area contributed by atoms with Crippen LogP contribution in [0.25, 0.3) is 0 Å². The smallest absolute Gasteiger partial charge is 0.0107 e. The van der Waals surface area contributed by atoms with Crippen LogP contribution in [0.1, 0.15) is 25.3 Å². The van der Waals surface area contributed by atoms with Gasteiger partial charge in [0.1, 0.15) is 0 Å². The average Bonchev–Trinajstić information content (AvgIpc) is 2.12. The van der Waals surface area contributed by atoms with E-state index in [0.717, 1.165) is 11.8 Å². The van der Waals surface area contributed by atoms with Gasteiger partial charge in [0.15, 0.2) is 0 Å². The number of benzene rings is 1. The summed E-state index contributed by atoms with van der Waals surface area (Å²) in [4.78, 5) is 1.49. The van der Waals surface area contributed by atoms with E-state index in [1.165, 1.54) is 10.6 Å². The van der Waals surface area contributed by atoms with Crippen LogP contribution in [0.5, 0.6) is 0 Å². The lowest BCUT2D eigenvalue weighted by Crippen LogP contribution is -2.14. The molecule has 1 heteroatoms. The predicted molar refractivity (Wildman–Crippen MR) is 54.7 cm³/mol. The molecule has 0 nitrogen and oxygen atoms in total. The summed E-state index contributed by atoms with van der Waals surface area (Å²) in [6.07, 6.45) is 0. The Morgan fingerprint density at radius 2 is 2.00 bits per heavy atom. The van der Waals surface area contributed by atoms with Crippen LogP contribution in [-0.2, 0) is 0 Å². The van der Waals surface area contributed by atoms with E-state index in [4.69, 9.17) is 0 Å². The predicted octanol–water partition coefficient (Wildman–Crippen LogP) is 3.53. The third-order valence-electron chi connectivity index (χ3n) is 2.76. The van der Waals surface area contributed by atoms with Crippen LogP contribution in [0.3, 0.4) is 0 Å². The Hall–Kier alpha value is -0.430. The summed E-state index contributed by atoms with van der Waals surface area (Å²) in [5.41, 5.74) is 1.54. The van der Waals surface area contributed by atoms with Crippen molar-refractivity contribution in [3.8, 4) is 0 Å². The van der Waals surface area contributed by atoms with Crippen LogP contribution < -0.4 is 0 Å². The minimum atomic E-state index is 0.738. The lowest BCUT2D eigenvalue weighted by atomic mass is 9.90. The van der Waals surface area contributed by atoms with E-state index in [1.807, 2.05) is 11.8 Å². The molecule has 0 bridgehead atoms. The first-order chi connectivity index (χ1) is 5.79. The number of hydrogen-bond donors (Lipinski definition) is 0. The quantitative estimate of drug-likeness (QED) is 0.585. The van der Waals surface area contributed by atoms with Crippen LogP contribution in [-0.4, -0.2) is 5.75 Å². The normalized spacial score (nSPS) is 28.2. The molecule has 1 aromatic rings. The fourth-order valence-electron chi connectivity index (χ4n) is 1.66. The molecule has 1 aromatic carbocycles. The highest BCUT2D eigenvalue weighted by Gasteiger charge is 2.22. The summed E-state index contributed by atoms with van der Waals surface area (Å²) >= 11 is 2.00. The zero-order chi connectivity index (χ0) is 8.55. The number of fused-ring (bicyclic) bond motifs is 1. The number of hydrogen-bond acceptors (Lipinski definition) is 1. The second-order valence-corrected chi connectivity index (χ2v) is 4.68. The van der Waals surface area contributed by atoms with Gasteiger partial charge in [-0.2, -0.15) is 0 Å². The first-order valence-corrected chi connectivity index (χ1v) is 5.49.